The summed E-state index contributed by atoms with van der Waals surface area (Å²) in [6.07, 6.45) is 1.63. The van der Waals surface area contributed by atoms with Crippen molar-refractivity contribution in [1.29, 1.82) is 0 Å². The van der Waals surface area contributed by atoms with E-state index in [-0.39, 0.29) is 24.4 Å². The van der Waals surface area contributed by atoms with Gasteiger partial charge in [-0.15, -0.1) is 0 Å². The van der Waals surface area contributed by atoms with Crippen LogP contribution in [0.4, 0.5) is 5.69 Å². The second kappa shape index (κ2) is 8.74. The lowest BCUT2D eigenvalue weighted by Crippen LogP contribution is -2.23. The van der Waals surface area contributed by atoms with Crippen molar-refractivity contribution in [1.82, 2.24) is 14.5 Å². The van der Waals surface area contributed by atoms with Crippen molar-refractivity contribution in [2.24, 2.45) is 0 Å². The minimum Gasteiger partial charge on any atom is -0.493 e. The summed E-state index contributed by atoms with van der Waals surface area (Å²) in [5, 5.41) is 3.67. The van der Waals surface area contributed by atoms with E-state index in [0.717, 1.165) is 22.2 Å². The number of hydrogen-bond acceptors (Lipinski definition) is 5. The first-order chi connectivity index (χ1) is 15.4. The number of ether oxygens (including phenoxy) is 2. The van der Waals surface area contributed by atoms with Gasteiger partial charge in [-0.3, -0.25) is 14.2 Å². The maximum atomic E-state index is 13.0. The number of carbonyl (C=O) groups is 1. The zero-order valence-electron chi connectivity index (χ0n) is 18.6. The van der Waals surface area contributed by atoms with Gasteiger partial charge in [0.15, 0.2) is 11.5 Å². The van der Waals surface area contributed by atoms with Crippen molar-refractivity contribution in [2.75, 3.05) is 19.5 Å². The number of aryl methyl sites for hydroxylation is 1. The van der Waals surface area contributed by atoms with Gasteiger partial charge in [0, 0.05) is 30.1 Å². The second-order valence-corrected chi connectivity index (χ2v) is 7.92. The fourth-order valence-corrected chi connectivity index (χ4v) is 3.70. The molecular weight excluding hydrogens is 408 g/mol. The summed E-state index contributed by atoms with van der Waals surface area (Å²) < 4.78 is 12.1. The second-order valence-electron chi connectivity index (χ2n) is 7.92. The lowest BCUT2D eigenvalue weighted by Gasteiger charge is -2.10. The molecule has 8 heteroatoms. The molecule has 0 spiro atoms. The van der Waals surface area contributed by atoms with Gasteiger partial charge in [-0.2, -0.15) is 0 Å². The first-order valence-electron chi connectivity index (χ1n) is 10.4. The molecule has 8 nitrogen and oxygen atoms in total. The molecule has 4 rings (SSSR count). The number of amides is 1. The van der Waals surface area contributed by atoms with Crippen molar-refractivity contribution < 1.29 is 14.3 Å². The molecule has 166 valence electrons. The Bertz CT molecular complexity index is 1350. The largest absolute Gasteiger partial charge is 0.493 e. The van der Waals surface area contributed by atoms with Gasteiger partial charge in [-0.05, 0) is 29.7 Å². The van der Waals surface area contributed by atoms with Crippen LogP contribution < -0.4 is 20.3 Å². The van der Waals surface area contributed by atoms with Gasteiger partial charge in [0.2, 0.25) is 5.91 Å². The van der Waals surface area contributed by atoms with Crippen molar-refractivity contribution >= 4 is 33.5 Å². The van der Waals surface area contributed by atoms with E-state index in [1.54, 1.807) is 26.4 Å². The minimum atomic E-state index is -0.237. The molecule has 0 bridgehead atoms. The van der Waals surface area contributed by atoms with Crippen LogP contribution in [0.1, 0.15) is 31.7 Å². The van der Waals surface area contributed by atoms with Gasteiger partial charge in [0.1, 0.15) is 11.0 Å². The third kappa shape index (κ3) is 4.03. The number of methoxy groups -OCH3 is 2. The van der Waals surface area contributed by atoms with Crippen LogP contribution in [0, 0.1) is 0 Å². The van der Waals surface area contributed by atoms with Crippen LogP contribution in [0.3, 0.4) is 0 Å². The van der Waals surface area contributed by atoms with E-state index in [2.05, 4.69) is 29.1 Å². The van der Waals surface area contributed by atoms with Gasteiger partial charge in [-0.1, -0.05) is 26.0 Å². The van der Waals surface area contributed by atoms with Crippen molar-refractivity contribution in [2.45, 2.75) is 32.7 Å². The smallest absolute Gasteiger partial charge is 0.277 e. The molecule has 0 aliphatic heterocycles. The lowest BCUT2D eigenvalue weighted by molar-refractivity contribution is -0.116. The Morgan fingerprint density at radius 3 is 2.62 bits per heavy atom. The third-order valence-corrected chi connectivity index (χ3v) is 5.49. The Morgan fingerprint density at radius 2 is 1.91 bits per heavy atom. The molecule has 2 N–H and O–H groups in total. The third-order valence-electron chi connectivity index (χ3n) is 5.49. The zero-order valence-corrected chi connectivity index (χ0v) is 18.6. The molecule has 0 saturated carbocycles. The summed E-state index contributed by atoms with van der Waals surface area (Å²) >= 11 is 0. The maximum Gasteiger partial charge on any atom is 0.277 e. The molecule has 2 aromatic heterocycles. The fraction of sp³-hybridized carbons (Fsp3) is 0.292. The molecule has 0 saturated heterocycles. The Balaban J connectivity index is 1.55. The highest BCUT2D eigenvalue weighted by Gasteiger charge is 2.15. The Morgan fingerprint density at radius 1 is 1.16 bits per heavy atom. The summed E-state index contributed by atoms with van der Waals surface area (Å²) in [6.45, 7) is 4.43. The van der Waals surface area contributed by atoms with Crippen LogP contribution in [-0.4, -0.2) is 34.7 Å². The Labute approximate surface area is 185 Å². The number of carbonyl (C=O) groups excluding carboxylic acids is 1. The molecule has 0 aliphatic rings. The van der Waals surface area contributed by atoms with E-state index < -0.39 is 0 Å². The highest BCUT2D eigenvalue weighted by Crippen LogP contribution is 2.34. The van der Waals surface area contributed by atoms with Crippen molar-refractivity contribution in [3.05, 3.63) is 58.6 Å². The van der Waals surface area contributed by atoms with E-state index >= 15 is 0 Å². The van der Waals surface area contributed by atoms with Crippen molar-refractivity contribution in [3.8, 4) is 11.5 Å². The van der Waals surface area contributed by atoms with Crippen LogP contribution >= 0.6 is 0 Å². The molecular formula is C24H26N4O4. The van der Waals surface area contributed by atoms with E-state index in [1.165, 1.54) is 10.9 Å². The number of benzene rings is 2. The highest BCUT2D eigenvalue weighted by molar-refractivity contribution is 6.05. The number of anilines is 1. The number of nitrogens with zero attached hydrogens (tertiary/aromatic N) is 2. The standard InChI is InChI=1S/C24H26N4O4/c1-14(2)15-6-5-7-16(10-15)26-21(29)8-9-28-13-25-22-17-11-19(31-3)20(32-4)12-18(17)27-23(22)24(28)30/h5-7,10-14,27H,8-9H2,1-4H3,(H,26,29). The number of fused-ring (bicyclic) bond motifs is 3. The molecule has 0 unspecified atom stereocenters. The van der Waals surface area contributed by atoms with Gasteiger partial charge >= 0.3 is 0 Å². The quantitative estimate of drug-likeness (QED) is 0.457. The molecule has 32 heavy (non-hydrogen) atoms. The summed E-state index contributed by atoms with van der Waals surface area (Å²) in [4.78, 5) is 33.0. The first-order valence-corrected chi connectivity index (χ1v) is 10.4. The maximum absolute atomic E-state index is 13.0. The predicted molar refractivity (Wildman–Crippen MR) is 125 cm³/mol. The molecule has 2 heterocycles. The summed E-state index contributed by atoms with van der Waals surface area (Å²) in [6, 6.07) is 11.4. The van der Waals surface area contributed by atoms with Gasteiger partial charge in [-0.25, -0.2) is 4.98 Å². The van der Waals surface area contributed by atoms with E-state index in [9.17, 15) is 9.59 Å². The van der Waals surface area contributed by atoms with Crippen LogP contribution in [0.2, 0.25) is 0 Å². The zero-order chi connectivity index (χ0) is 22.8. The van der Waals surface area contributed by atoms with E-state index in [0.29, 0.717) is 28.5 Å². The topological polar surface area (TPSA) is 98.2 Å². The molecule has 0 aliphatic carbocycles. The molecule has 0 radical (unpaired) electrons. The molecule has 2 aromatic carbocycles. The van der Waals surface area contributed by atoms with Crippen molar-refractivity contribution in [3.63, 3.8) is 0 Å². The SMILES string of the molecule is COc1cc2[nH]c3c(=O)n(CCC(=O)Nc4cccc(C(C)C)c4)cnc3c2cc1OC. The summed E-state index contributed by atoms with van der Waals surface area (Å²) in [5.74, 6) is 1.33. The van der Waals surface area contributed by atoms with E-state index in [4.69, 9.17) is 9.47 Å². The van der Waals surface area contributed by atoms with Gasteiger partial charge in [0.25, 0.3) is 5.56 Å². The number of aromatic amines is 1. The Hall–Kier alpha value is -3.81. The van der Waals surface area contributed by atoms with Crippen LogP contribution in [0.15, 0.2) is 47.5 Å². The number of nitrogens with one attached hydrogen (secondary N) is 2. The number of H-pyrrole nitrogens is 1. The summed E-state index contributed by atoms with van der Waals surface area (Å²) in [7, 11) is 3.12. The fourth-order valence-electron chi connectivity index (χ4n) is 3.70. The van der Waals surface area contributed by atoms with Gasteiger partial charge < -0.3 is 19.8 Å². The average Bonchev–Trinajstić information content (AvgIpc) is 3.16. The van der Waals surface area contributed by atoms with Crippen LogP contribution in [-0.2, 0) is 11.3 Å². The highest BCUT2D eigenvalue weighted by atomic mass is 16.5. The monoisotopic (exact) mass is 434 g/mol. The molecule has 0 fully saturated rings. The number of hydrogen-bond donors (Lipinski definition) is 2. The summed E-state index contributed by atoms with van der Waals surface area (Å²) in [5.41, 5.74) is 3.32. The van der Waals surface area contributed by atoms with Crippen LogP contribution in [0.25, 0.3) is 21.9 Å². The number of rotatable bonds is 7. The normalized spacial score (nSPS) is 11.3. The Kier molecular flexibility index (Phi) is 5.85. The molecule has 0 atom stereocenters. The van der Waals surface area contributed by atoms with Gasteiger partial charge in [0.05, 0.1) is 26.1 Å². The lowest BCUT2D eigenvalue weighted by atomic mass is 10.0. The molecule has 4 aromatic rings. The minimum absolute atomic E-state index is 0.154. The average molecular weight is 434 g/mol. The predicted octanol–water partition coefficient (Wildman–Crippen LogP) is 4.05. The van der Waals surface area contributed by atoms with E-state index in [1.807, 2.05) is 24.3 Å². The molecule has 1 amide bonds. The first kappa shape index (κ1) is 21.4. The number of aromatic nitrogens is 3. The van der Waals surface area contributed by atoms with Crippen LogP contribution in [0.5, 0.6) is 11.5 Å².